The van der Waals surface area contributed by atoms with Crippen molar-refractivity contribution in [2.75, 3.05) is 0 Å². The van der Waals surface area contributed by atoms with E-state index in [9.17, 15) is 0 Å². The summed E-state index contributed by atoms with van der Waals surface area (Å²) in [5, 5.41) is 4.82. The van der Waals surface area contributed by atoms with E-state index in [-0.39, 0.29) is 14.5 Å². The topological polar surface area (TPSA) is 51.6 Å². The van der Waals surface area contributed by atoms with E-state index in [1.54, 1.807) is 0 Å². The molecule has 8 rings (SSSR count). The third-order valence-corrected chi connectivity index (χ3v) is 9.72. The van der Waals surface area contributed by atoms with Gasteiger partial charge in [-0.3, -0.25) is 0 Å². The van der Waals surface area contributed by atoms with Crippen LogP contribution in [0.5, 0.6) is 0 Å². The van der Waals surface area contributed by atoms with Gasteiger partial charge in [0.05, 0.1) is 0 Å². The fraction of sp³-hybridized carbons (Fsp3) is 0. The Hall–Kier alpha value is -4.96. The van der Waals surface area contributed by atoms with Gasteiger partial charge < -0.3 is 0 Å². The van der Waals surface area contributed by atoms with Crippen LogP contribution in [0.2, 0.25) is 0 Å². The number of benzene rings is 6. The average molecular weight is 590 g/mol. The molecule has 0 bridgehead atoms. The van der Waals surface area contributed by atoms with Crippen molar-refractivity contribution >= 4 is 45.8 Å². The van der Waals surface area contributed by atoms with Crippen LogP contribution in [0.15, 0.2) is 133 Å². The van der Waals surface area contributed by atoms with Crippen molar-refractivity contribution < 1.29 is 0 Å². The number of rotatable bonds is 4. The van der Waals surface area contributed by atoms with Crippen molar-refractivity contribution in [1.82, 2.24) is 19.9 Å². The molecule has 8 aromatic rings. The van der Waals surface area contributed by atoms with Gasteiger partial charge in [0.15, 0.2) is 0 Å². The Balaban J connectivity index is 1.36. The average Bonchev–Trinajstić information content (AvgIpc) is 3.50. The molecule has 2 aromatic heterocycles. The predicted molar refractivity (Wildman–Crippen MR) is 169 cm³/mol. The second-order valence-corrected chi connectivity index (χ2v) is 12.0. The van der Waals surface area contributed by atoms with Crippen LogP contribution in [-0.4, -0.2) is 34.4 Å². The first kappa shape index (κ1) is 23.9. The summed E-state index contributed by atoms with van der Waals surface area (Å²) in [6.07, 6.45) is 0. The summed E-state index contributed by atoms with van der Waals surface area (Å²) in [5.74, 6) is 2.00. The molecule has 41 heavy (non-hydrogen) atoms. The molecule has 0 saturated carbocycles. The molecule has 0 fully saturated rings. The van der Waals surface area contributed by atoms with E-state index in [1.807, 2.05) is 60.7 Å². The zero-order valence-corrected chi connectivity index (χ0v) is 23.6. The minimum atomic E-state index is 0.0327. The van der Waals surface area contributed by atoms with Crippen molar-refractivity contribution in [1.29, 1.82) is 0 Å². The molecule has 2 heterocycles. The molecule has 192 valence electrons. The van der Waals surface area contributed by atoms with E-state index >= 15 is 0 Å². The second kappa shape index (κ2) is 9.90. The number of nitrogens with zero attached hydrogens (tertiary/aromatic N) is 4. The summed E-state index contributed by atoms with van der Waals surface area (Å²) in [4.78, 5) is 20.1. The first-order valence-corrected chi connectivity index (χ1v) is 15.2. The molecule has 0 N–H and O–H groups in total. The molecule has 5 heteroatoms. The molecule has 0 saturated heterocycles. The van der Waals surface area contributed by atoms with Crippen molar-refractivity contribution in [2.45, 2.75) is 0 Å². The van der Waals surface area contributed by atoms with Gasteiger partial charge in [0.2, 0.25) is 0 Å². The van der Waals surface area contributed by atoms with Crippen molar-refractivity contribution in [3.63, 3.8) is 0 Å². The van der Waals surface area contributed by atoms with Crippen LogP contribution in [0, 0.1) is 0 Å². The van der Waals surface area contributed by atoms with Gasteiger partial charge in [-0.05, 0) is 0 Å². The third-order valence-electron chi connectivity index (χ3n) is 7.33. The first-order valence-electron chi connectivity index (χ1n) is 13.5. The summed E-state index contributed by atoms with van der Waals surface area (Å²) in [7, 11) is 0. The van der Waals surface area contributed by atoms with Crippen LogP contribution in [0.3, 0.4) is 0 Å². The van der Waals surface area contributed by atoms with Crippen LogP contribution in [0.4, 0.5) is 0 Å². The van der Waals surface area contributed by atoms with Crippen LogP contribution >= 0.6 is 0 Å². The van der Waals surface area contributed by atoms with Crippen LogP contribution in [0.25, 0.3) is 75.6 Å². The zero-order chi connectivity index (χ0) is 27.2. The number of aromatic nitrogens is 4. The van der Waals surface area contributed by atoms with Crippen LogP contribution in [0.1, 0.15) is 0 Å². The van der Waals surface area contributed by atoms with Gasteiger partial charge in [0.25, 0.3) is 0 Å². The van der Waals surface area contributed by atoms with Gasteiger partial charge in [-0.25, -0.2) is 0 Å². The number of hydrogen-bond donors (Lipinski definition) is 0. The molecular formula is C36H22N4Se. The predicted octanol–water partition coefficient (Wildman–Crippen LogP) is 8.45. The fourth-order valence-electron chi connectivity index (χ4n) is 5.32. The Labute approximate surface area is 242 Å². The van der Waals surface area contributed by atoms with Crippen LogP contribution in [-0.2, 0) is 0 Å². The van der Waals surface area contributed by atoms with Crippen molar-refractivity contribution in [2.24, 2.45) is 0 Å². The van der Waals surface area contributed by atoms with Gasteiger partial charge >= 0.3 is 244 Å². The normalized spacial score (nSPS) is 11.4. The number of fused-ring (bicyclic) bond motifs is 4. The molecule has 0 amide bonds. The van der Waals surface area contributed by atoms with Crippen LogP contribution < -0.4 is 0 Å². The van der Waals surface area contributed by atoms with E-state index < -0.39 is 0 Å². The Kier molecular flexibility index (Phi) is 5.77. The maximum absolute atomic E-state index is 5.14. The third kappa shape index (κ3) is 4.33. The van der Waals surface area contributed by atoms with Crippen molar-refractivity contribution in [3.8, 4) is 44.3 Å². The molecule has 0 unspecified atom stereocenters. The van der Waals surface area contributed by atoms with E-state index in [1.165, 1.54) is 31.4 Å². The van der Waals surface area contributed by atoms with Gasteiger partial charge in [-0.15, -0.1) is 0 Å². The van der Waals surface area contributed by atoms with Gasteiger partial charge in [-0.2, -0.15) is 0 Å². The Morgan fingerprint density at radius 2 is 1.02 bits per heavy atom. The van der Waals surface area contributed by atoms with Gasteiger partial charge in [0.1, 0.15) is 0 Å². The molecule has 0 radical (unpaired) electrons. The Bertz CT molecular complexity index is 2150. The molecule has 0 atom stereocenters. The fourth-order valence-corrected chi connectivity index (χ4v) is 7.69. The molecule has 4 nitrogen and oxygen atoms in total. The minimum absolute atomic E-state index is 0.0327. The molecule has 0 aliphatic carbocycles. The second-order valence-electron chi connectivity index (χ2n) is 9.94. The number of hydrogen-bond acceptors (Lipinski definition) is 4. The van der Waals surface area contributed by atoms with E-state index in [0.29, 0.717) is 17.5 Å². The monoisotopic (exact) mass is 590 g/mol. The summed E-state index contributed by atoms with van der Waals surface area (Å²) >= 11 is 0.0327. The quantitative estimate of drug-likeness (QED) is 0.193. The van der Waals surface area contributed by atoms with E-state index in [2.05, 4.69) is 72.8 Å². The molecule has 0 aliphatic rings. The van der Waals surface area contributed by atoms with Gasteiger partial charge in [-0.1, -0.05) is 0 Å². The molecule has 6 aromatic carbocycles. The summed E-state index contributed by atoms with van der Waals surface area (Å²) in [6, 6.07) is 46.1. The maximum atomic E-state index is 5.14. The van der Waals surface area contributed by atoms with E-state index in [0.717, 1.165) is 26.8 Å². The molecule has 0 spiro atoms. The SMILES string of the molecule is c1ccc(-c2nc(-c3ccccc3)nc(-c3cccc4ccc5nc(-c6ccc7ccccc7c6)[se]c5c34)n2)cc1. The first-order chi connectivity index (χ1) is 20.3. The van der Waals surface area contributed by atoms with Gasteiger partial charge in [0, 0.05) is 0 Å². The summed E-state index contributed by atoms with van der Waals surface area (Å²) in [5.41, 5.74) is 5.15. The summed E-state index contributed by atoms with van der Waals surface area (Å²) < 4.78 is 2.42. The Morgan fingerprint density at radius 3 is 1.76 bits per heavy atom. The standard InChI is InChI=1S/C36H22N4Se/c1-3-11-25(12-4-1)33-38-34(26-13-5-2-6-14-26)40-35(39-33)29-17-9-16-24-20-21-30-32(31(24)29)41-36(37-30)28-19-18-23-10-7-8-15-27(23)22-28/h1-22H. The molecular weight excluding hydrogens is 567 g/mol. The molecule has 0 aliphatic heterocycles. The van der Waals surface area contributed by atoms with E-state index in [4.69, 9.17) is 19.9 Å². The summed E-state index contributed by atoms with van der Waals surface area (Å²) in [6.45, 7) is 0. The zero-order valence-electron chi connectivity index (χ0n) is 21.9. The van der Waals surface area contributed by atoms with Crippen molar-refractivity contribution in [3.05, 3.63) is 133 Å². The Morgan fingerprint density at radius 1 is 0.415 bits per heavy atom.